The number of phosphoric ester groups is 3. The highest BCUT2D eigenvalue weighted by Gasteiger charge is 2.50. The molecule has 0 spiro atoms. The lowest BCUT2D eigenvalue weighted by molar-refractivity contribution is -0.137. The minimum Gasteiger partial charge on any atom is -0.386 e. The fraction of sp³-hybridized carbons (Fsp3) is 0.730. The van der Waals surface area contributed by atoms with Crippen molar-refractivity contribution >= 4 is 70.7 Å². The number of nitrogens with two attached hydrogens (primary N) is 1. The summed E-state index contributed by atoms with van der Waals surface area (Å²) in [5, 5.41) is 26.6. The van der Waals surface area contributed by atoms with Crippen LogP contribution in [0, 0.1) is 5.41 Å². The molecule has 65 heavy (non-hydrogen) atoms. The molecular formula is C37H64N7O17P3S. The second-order valence-electron chi connectivity index (χ2n) is 16.1. The number of anilines is 1. The van der Waals surface area contributed by atoms with E-state index in [-0.39, 0.29) is 41.7 Å². The van der Waals surface area contributed by atoms with Gasteiger partial charge in [0.15, 0.2) is 17.7 Å². The van der Waals surface area contributed by atoms with E-state index in [4.69, 9.17) is 24.0 Å². The first-order chi connectivity index (χ1) is 30.5. The van der Waals surface area contributed by atoms with Gasteiger partial charge in [-0.15, -0.1) is 0 Å². The number of carbonyl (C=O) groups excluding carboxylic acids is 3. The number of thiol groups is 1. The molecule has 1 fully saturated rings. The molecule has 2 amide bonds. The Balaban J connectivity index is 1.62. The smallest absolute Gasteiger partial charge is 0.386 e. The van der Waals surface area contributed by atoms with Crippen LogP contribution in [0.4, 0.5) is 5.82 Å². The number of aromatic nitrogens is 4. The third-order valence-corrected chi connectivity index (χ3v) is 13.4. The number of unbranched alkanes of at least 4 members (excludes halogenated alkanes) is 11. The number of fused-ring (bicyclic) bond motifs is 1. The van der Waals surface area contributed by atoms with Crippen molar-refractivity contribution in [2.75, 3.05) is 37.8 Å². The molecule has 7 atom stereocenters. The van der Waals surface area contributed by atoms with Gasteiger partial charge in [0.1, 0.15) is 29.9 Å². The Labute approximate surface area is 382 Å². The Hall–Kier alpha value is -2.70. The van der Waals surface area contributed by atoms with E-state index in [0.29, 0.717) is 18.7 Å². The number of hydrogen-bond donors (Lipinski definition) is 10. The molecule has 28 heteroatoms. The molecule has 1 aliphatic heterocycles. The van der Waals surface area contributed by atoms with Gasteiger partial charge in [-0.05, 0) is 18.9 Å². The largest absolute Gasteiger partial charge is 0.481 e. The molecule has 0 radical (unpaired) electrons. The van der Waals surface area contributed by atoms with Gasteiger partial charge < -0.3 is 50.9 Å². The summed E-state index contributed by atoms with van der Waals surface area (Å²) in [6, 6.07) is 0. The first-order valence-corrected chi connectivity index (χ1v) is 26.4. The predicted molar refractivity (Wildman–Crippen MR) is 238 cm³/mol. The SMILES string of the molecule is CCCCCCCCCCCCC/C=C/C(=O)c1nc(N)c2ncn([C@@H]3O[C@H](COP(=O)(O)OP(=O)(O)OCC(C)(C)C(O)C(=O)NCCC(=O)NCCS)[C@@H](OP(=O)(O)O)[C@H]3O)c2n1. The molecule has 24 nitrogen and oxygen atoms in total. The molecule has 1 saturated heterocycles. The average molecular weight is 1000 g/mol. The Morgan fingerprint density at radius 1 is 0.954 bits per heavy atom. The van der Waals surface area contributed by atoms with Crippen LogP contribution in [0.5, 0.6) is 0 Å². The van der Waals surface area contributed by atoms with Crippen molar-refractivity contribution in [2.45, 2.75) is 135 Å². The van der Waals surface area contributed by atoms with Crippen LogP contribution in [0.25, 0.3) is 11.2 Å². The molecule has 2 aromatic rings. The fourth-order valence-corrected chi connectivity index (χ4v) is 9.45. The number of ketones is 1. The monoisotopic (exact) mass is 1000 g/mol. The molecule has 0 saturated carbocycles. The van der Waals surface area contributed by atoms with Crippen molar-refractivity contribution < 1.29 is 80.5 Å². The van der Waals surface area contributed by atoms with Crippen LogP contribution < -0.4 is 16.4 Å². The van der Waals surface area contributed by atoms with E-state index in [1.54, 1.807) is 6.08 Å². The Bertz CT molecular complexity index is 2040. The van der Waals surface area contributed by atoms with E-state index >= 15 is 0 Å². The molecule has 2 aromatic heterocycles. The van der Waals surface area contributed by atoms with Gasteiger partial charge in [-0.25, -0.2) is 28.6 Å². The van der Waals surface area contributed by atoms with Gasteiger partial charge in [0.25, 0.3) is 0 Å². The number of aliphatic hydroxyl groups is 2. The van der Waals surface area contributed by atoms with Crippen molar-refractivity contribution in [3.8, 4) is 0 Å². The second kappa shape index (κ2) is 26.7. The average Bonchev–Trinajstić information content (AvgIpc) is 3.79. The van der Waals surface area contributed by atoms with Crippen LogP contribution in [-0.4, -0.2) is 123 Å². The maximum Gasteiger partial charge on any atom is 0.481 e. The summed E-state index contributed by atoms with van der Waals surface area (Å²) in [5.74, 6) is -2.09. The van der Waals surface area contributed by atoms with E-state index in [0.717, 1.165) is 36.6 Å². The topological polar surface area (TPSA) is 364 Å². The van der Waals surface area contributed by atoms with E-state index in [9.17, 15) is 57.9 Å². The predicted octanol–water partition coefficient (Wildman–Crippen LogP) is 3.77. The van der Waals surface area contributed by atoms with E-state index in [1.807, 2.05) is 0 Å². The quantitative estimate of drug-likeness (QED) is 0.0164. The number of imidazole rings is 1. The molecular weight excluding hydrogens is 939 g/mol. The highest BCUT2D eigenvalue weighted by atomic mass is 32.1. The zero-order chi connectivity index (χ0) is 48.4. The Kier molecular flexibility index (Phi) is 23.3. The van der Waals surface area contributed by atoms with Gasteiger partial charge in [-0.2, -0.15) is 16.9 Å². The zero-order valence-electron chi connectivity index (χ0n) is 36.7. The molecule has 3 unspecified atom stereocenters. The summed E-state index contributed by atoms with van der Waals surface area (Å²) in [7, 11) is -16.6. The number of nitrogens with zero attached hydrogens (tertiary/aromatic N) is 4. The molecule has 370 valence electrons. The summed E-state index contributed by atoms with van der Waals surface area (Å²) < 4.78 is 62.9. The van der Waals surface area contributed by atoms with Crippen LogP contribution >= 0.6 is 36.1 Å². The van der Waals surface area contributed by atoms with E-state index in [1.165, 1.54) is 64.9 Å². The van der Waals surface area contributed by atoms with Crippen LogP contribution in [0.2, 0.25) is 0 Å². The third kappa shape index (κ3) is 19.4. The highest BCUT2D eigenvalue weighted by Crippen LogP contribution is 2.61. The van der Waals surface area contributed by atoms with Gasteiger partial charge in [0, 0.05) is 30.7 Å². The van der Waals surface area contributed by atoms with Crippen LogP contribution in [0.3, 0.4) is 0 Å². The van der Waals surface area contributed by atoms with Gasteiger partial charge >= 0.3 is 23.5 Å². The first-order valence-electron chi connectivity index (χ1n) is 21.3. The molecule has 10 N–H and O–H groups in total. The summed E-state index contributed by atoms with van der Waals surface area (Å²) in [5.41, 5.74) is 4.29. The first kappa shape index (κ1) is 56.6. The number of allylic oxidation sites excluding steroid dienone is 2. The van der Waals surface area contributed by atoms with Gasteiger partial charge in [0.2, 0.25) is 23.4 Å². The Morgan fingerprint density at radius 3 is 2.18 bits per heavy atom. The fourth-order valence-electron chi connectivity index (χ4n) is 6.50. The number of nitrogen functional groups attached to an aromatic ring is 1. The zero-order valence-corrected chi connectivity index (χ0v) is 40.3. The normalized spacial score (nSPS) is 20.5. The minimum atomic E-state index is -5.63. The van der Waals surface area contributed by atoms with E-state index < -0.39 is 84.4 Å². The van der Waals surface area contributed by atoms with Crippen LogP contribution in [0.15, 0.2) is 18.5 Å². The second-order valence-corrected chi connectivity index (χ2v) is 20.7. The molecule has 3 rings (SSSR count). The van der Waals surface area contributed by atoms with Gasteiger partial charge in [-0.3, -0.25) is 32.5 Å². The van der Waals surface area contributed by atoms with Crippen molar-refractivity contribution in [3.63, 3.8) is 0 Å². The lowest BCUT2D eigenvalue weighted by Gasteiger charge is -2.30. The number of phosphoric acid groups is 3. The number of hydrogen-bond acceptors (Lipinski definition) is 18. The number of nitrogens with one attached hydrogen (secondary N) is 2. The number of rotatable bonds is 32. The molecule has 0 aliphatic carbocycles. The maximum atomic E-state index is 13.1. The maximum absolute atomic E-state index is 13.1. The van der Waals surface area contributed by atoms with Crippen molar-refractivity contribution in [1.82, 2.24) is 30.2 Å². The van der Waals surface area contributed by atoms with Crippen molar-refractivity contribution in [2.24, 2.45) is 5.41 Å². The van der Waals surface area contributed by atoms with Crippen molar-refractivity contribution in [1.29, 1.82) is 0 Å². The van der Waals surface area contributed by atoms with Crippen LogP contribution in [0.1, 0.15) is 121 Å². The van der Waals surface area contributed by atoms with Gasteiger partial charge in [0.05, 0.1) is 19.5 Å². The highest BCUT2D eigenvalue weighted by molar-refractivity contribution is 7.80. The summed E-state index contributed by atoms with van der Waals surface area (Å²) in [6.07, 6.45) is 8.29. The third-order valence-electron chi connectivity index (χ3n) is 10.0. The van der Waals surface area contributed by atoms with Gasteiger partial charge in [-0.1, -0.05) is 91.1 Å². The molecule has 0 bridgehead atoms. The summed E-state index contributed by atoms with van der Waals surface area (Å²) in [4.78, 5) is 89.5. The number of carbonyl (C=O) groups is 3. The number of aliphatic hydroxyl groups excluding tert-OH is 2. The Morgan fingerprint density at radius 2 is 1.57 bits per heavy atom. The standard InChI is InChI=1S/C37H64N7O17P3S/c1-4-5-6-7-8-9-10-11-12-13-14-15-16-17-25(45)33-42-32(38)28-34(43-33)44(24-41-28)36-29(47)30(60-62(50,51)52)26(59-36)22-57-63(53,54)61-64(55,56)58-23-37(2,3)31(48)35(49)40-19-18-27(46)39-20-21-65/h16-17,24,26,29-31,36,47-48,65H,4-15,18-23H2,1-3H3,(H,39,46)(H,40,49)(H,53,54)(H,55,56)(H2,38,42,43)(H2,50,51,52)/b17-16+/t26-,29-,30-,31?,36-/m1/s1. The number of ether oxygens (including phenoxy) is 1. The van der Waals surface area contributed by atoms with E-state index in [2.05, 4.69) is 49.4 Å². The molecule has 1 aliphatic rings. The number of amides is 2. The van der Waals surface area contributed by atoms with Crippen LogP contribution in [-0.2, 0) is 45.9 Å². The lowest BCUT2D eigenvalue weighted by atomic mass is 9.87. The summed E-state index contributed by atoms with van der Waals surface area (Å²) in [6.45, 7) is 2.81. The summed E-state index contributed by atoms with van der Waals surface area (Å²) >= 11 is 3.97. The minimum absolute atomic E-state index is 0.0396. The molecule has 0 aromatic carbocycles. The lowest BCUT2D eigenvalue weighted by Crippen LogP contribution is -2.46. The molecule has 3 heterocycles. The van der Waals surface area contributed by atoms with Crippen molar-refractivity contribution in [3.05, 3.63) is 24.3 Å².